The summed E-state index contributed by atoms with van der Waals surface area (Å²) in [4.78, 5) is 24.2. The minimum Gasteiger partial charge on any atom is -0.491 e. The lowest BCUT2D eigenvalue weighted by Gasteiger charge is -2.18. The largest absolute Gasteiger partial charge is 0.491 e. The van der Waals surface area contributed by atoms with Crippen LogP contribution in [0.25, 0.3) is 0 Å². The Morgan fingerprint density at radius 2 is 1.48 bits per heavy atom. The Kier molecular flexibility index (Phi) is 8.51. The first-order valence-electron chi connectivity index (χ1n) is 9.61. The van der Waals surface area contributed by atoms with Gasteiger partial charge in [0.25, 0.3) is 5.56 Å². The summed E-state index contributed by atoms with van der Waals surface area (Å²) >= 11 is 0.878. The molecule has 7 heteroatoms. The molecule has 0 heterocycles. The van der Waals surface area contributed by atoms with Crippen molar-refractivity contribution in [3.05, 3.63) is 96.1 Å². The van der Waals surface area contributed by atoms with Crippen molar-refractivity contribution in [3.63, 3.8) is 0 Å². The van der Waals surface area contributed by atoms with Crippen LogP contribution >= 0.6 is 11.8 Å². The van der Waals surface area contributed by atoms with Gasteiger partial charge in [-0.25, -0.2) is 0 Å². The Morgan fingerprint density at radius 1 is 0.839 bits per heavy atom. The van der Waals surface area contributed by atoms with Gasteiger partial charge in [-0.05, 0) is 48.2 Å². The minimum absolute atomic E-state index is 0.207. The zero-order valence-electron chi connectivity index (χ0n) is 16.9. The average molecular weight is 437 g/mol. The molecule has 31 heavy (non-hydrogen) atoms. The van der Waals surface area contributed by atoms with Gasteiger partial charge in [0.2, 0.25) is 5.12 Å². The maximum Gasteiger partial charge on any atom is 0.308 e. The molecule has 0 saturated carbocycles. The Hall–Kier alpha value is -3.29. The highest BCUT2D eigenvalue weighted by Gasteiger charge is 2.22. The second-order valence-corrected chi connectivity index (χ2v) is 7.21. The number of anilines is 1. The first-order chi connectivity index (χ1) is 15.1. The molecule has 3 rings (SSSR count). The number of benzene rings is 3. The molecule has 1 N–H and O–H groups in total. The molecule has 0 aliphatic heterocycles. The molecule has 0 aliphatic carbocycles. The van der Waals surface area contributed by atoms with E-state index in [0.717, 1.165) is 23.2 Å². The van der Waals surface area contributed by atoms with Gasteiger partial charge in [0, 0.05) is 12.6 Å². The van der Waals surface area contributed by atoms with Crippen molar-refractivity contribution in [1.29, 1.82) is 0 Å². The molecule has 3 aromatic carbocycles. The molecule has 3 aromatic rings. The van der Waals surface area contributed by atoms with Gasteiger partial charge in [-0.2, -0.15) is 0 Å². The van der Waals surface area contributed by atoms with Crippen LogP contribution in [0.3, 0.4) is 0 Å². The van der Waals surface area contributed by atoms with E-state index in [4.69, 9.17) is 14.2 Å². The summed E-state index contributed by atoms with van der Waals surface area (Å²) in [6.07, 6.45) is 0. The van der Waals surface area contributed by atoms with Crippen LogP contribution in [0.2, 0.25) is 0 Å². The van der Waals surface area contributed by atoms with Gasteiger partial charge < -0.3 is 19.5 Å². The van der Waals surface area contributed by atoms with Crippen LogP contribution in [-0.2, 0) is 9.53 Å². The Morgan fingerprint density at radius 3 is 2.19 bits per heavy atom. The van der Waals surface area contributed by atoms with Crippen molar-refractivity contribution in [2.75, 3.05) is 18.5 Å². The fraction of sp³-hybridized carbons (Fsp3) is 0.125. The smallest absolute Gasteiger partial charge is 0.308 e. The molecule has 0 fully saturated rings. The van der Waals surface area contributed by atoms with Crippen molar-refractivity contribution in [3.8, 4) is 11.5 Å². The average Bonchev–Trinajstić information content (AvgIpc) is 2.78. The molecule has 0 amide bonds. The van der Waals surface area contributed by atoms with Crippen molar-refractivity contribution in [2.45, 2.75) is 6.92 Å². The third kappa shape index (κ3) is 7.47. The number of carbonyl (C=O) groups excluding carboxylic acids is 2. The zero-order valence-corrected chi connectivity index (χ0v) is 17.8. The SMILES string of the molecule is CC(=O)Oc1ccccc1C(=O)S[C](Nc1ccccc1)OCCOc1ccccc1. The van der Waals surface area contributed by atoms with Crippen LogP contribution in [0.1, 0.15) is 17.3 Å². The number of para-hydroxylation sites is 3. The van der Waals surface area contributed by atoms with E-state index in [1.54, 1.807) is 24.3 Å². The van der Waals surface area contributed by atoms with E-state index in [1.807, 2.05) is 60.7 Å². The van der Waals surface area contributed by atoms with E-state index in [2.05, 4.69) is 5.32 Å². The number of esters is 1. The maximum atomic E-state index is 12.9. The fourth-order valence-corrected chi connectivity index (χ4v) is 3.32. The molecule has 0 spiro atoms. The van der Waals surface area contributed by atoms with Crippen LogP contribution in [0.5, 0.6) is 11.5 Å². The second kappa shape index (κ2) is 11.8. The third-order valence-corrected chi connectivity index (χ3v) is 4.71. The van der Waals surface area contributed by atoms with Gasteiger partial charge in [0.15, 0.2) is 0 Å². The van der Waals surface area contributed by atoms with Crippen LogP contribution < -0.4 is 14.8 Å². The highest BCUT2D eigenvalue weighted by atomic mass is 32.2. The Balaban J connectivity index is 1.64. The predicted molar refractivity (Wildman–Crippen MR) is 121 cm³/mol. The minimum atomic E-state index is -0.494. The van der Waals surface area contributed by atoms with Crippen molar-refractivity contribution in [1.82, 2.24) is 0 Å². The zero-order chi connectivity index (χ0) is 21.9. The van der Waals surface area contributed by atoms with E-state index in [9.17, 15) is 9.59 Å². The summed E-state index contributed by atoms with van der Waals surface area (Å²) in [6.45, 7) is 1.83. The Labute approximate surface area is 185 Å². The van der Waals surface area contributed by atoms with Gasteiger partial charge in [0.05, 0.1) is 12.2 Å². The molecular weight excluding hydrogens is 414 g/mol. The predicted octanol–water partition coefficient (Wildman–Crippen LogP) is 5.14. The van der Waals surface area contributed by atoms with Gasteiger partial charge in [0.1, 0.15) is 18.1 Å². The first kappa shape index (κ1) is 22.4. The summed E-state index contributed by atoms with van der Waals surface area (Å²) in [5.41, 5.74) is 1.35. The standard InChI is InChI=1S/C24H22NO5S/c1-18(26)30-22-15-9-8-14-21(22)23(27)31-24(25-19-10-4-2-5-11-19)29-17-16-28-20-12-6-3-7-13-20/h2-15,25H,16-17H2,1H3. The van der Waals surface area contributed by atoms with E-state index in [-0.39, 0.29) is 23.0 Å². The van der Waals surface area contributed by atoms with E-state index in [1.165, 1.54) is 6.92 Å². The fourth-order valence-electron chi connectivity index (χ4n) is 2.56. The van der Waals surface area contributed by atoms with Crippen LogP contribution in [0.15, 0.2) is 84.9 Å². The number of nitrogens with one attached hydrogen (secondary N) is 1. The van der Waals surface area contributed by atoms with Gasteiger partial charge in [-0.1, -0.05) is 48.5 Å². The monoisotopic (exact) mass is 436 g/mol. The van der Waals surface area contributed by atoms with Crippen LogP contribution in [0, 0.1) is 5.56 Å². The maximum absolute atomic E-state index is 12.9. The summed E-state index contributed by atoms with van der Waals surface area (Å²) in [5.74, 6) is 0.452. The number of hydrogen-bond acceptors (Lipinski definition) is 7. The van der Waals surface area contributed by atoms with Crippen LogP contribution in [-0.4, -0.2) is 24.3 Å². The van der Waals surface area contributed by atoms with Crippen LogP contribution in [0.4, 0.5) is 5.69 Å². The molecule has 0 unspecified atom stereocenters. The lowest BCUT2D eigenvalue weighted by molar-refractivity contribution is -0.131. The van der Waals surface area contributed by atoms with Crippen molar-refractivity contribution in [2.24, 2.45) is 0 Å². The molecule has 0 bridgehead atoms. The summed E-state index contributed by atoms with van der Waals surface area (Å²) in [5, 5.41) is 2.79. The normalized spacial score (nSPS) is 10.5. The number of thioether (sulfide) groups is 1. The molecule has 0 aliphatic rings. The van der Waals surface area contributed by atoms with E-state index >= 15 is 0 Å². The lowest BCUT2D eigenvalue weighted by atomic mass is 10.2. The third-order valence-electron chi connectivity index (χ3n) is 3.89. The van der Waals surface area contributed by atoms with E-state index < -0.39 is 5.97 Å². The molecule has 1 radical (unpaired) electrons. The Bertz CT molecular complexity index is 982. The number of carbonyl (C=O) groups is 2. The summed E-state index contributed by atoms with van der Waals surface area (Å²) in [6, 6.07) is 25.4. The van der Waals surface area contributed by atoms with Crippen molar-refractivity contribution >= 4 is 28.5 Å². The molecule has 0 aromatic heterocycles. The topological polar surface area (TPSA) is 73.9 Å². The molecule has 0 atom stereocenters. The van der Waals surface area contributed by atoms with Gasteiger partial charge in [-0.15, -0.1) is 0 Å². The first-order valence-corrected chi connectivity index (χ1v) is 10.4. The molecule has 0 saturated heterocycles. The van der Waals surface area contributed by atoms with Gasteiger partial charge in [-0.3, -0.25) is 9.59 Å². The molecule has 6 nitrogen and oxygen atoms in total. The highest BCUT2D eigenvalue weighted by Crippen LogP contribution is 2.30. The quantitative estimate of drug-likeness (QED) is 0.268. The van der Waals surface area contributed by atoms with Gasteiger partial charge >= 0.3 is 5.97 Å². The summed E-state index contributed by atoms with van der Waals surface area (Å²) < 4.78 is 16.6. The molecule has 159 valence electrons. The molecular formula is C24H22NO5S. The summed E-state index contributed by atoms with van der Waals surface area (Å²) in [7, 11) is 0. The van der Waals surface area contributed by atoms with E-state index in [0.29, 0.717) is 12.2 Å². The number of ether oxygens (including phenoxy) is 3. The van der Waals surface area contributed by atoms with Crippen molar-refractivity contribution < 1.29 is 23.8 Å². The highest BCUT2D eigenvalue weighted by molar-refractivity contribution is 8.16. The number of hydrogen-bond donors (Lipinski definition) is 1. The lowest BCUT2D eigenvalue weighted by Crippen LogP contribution is -2.17. The number of rotatable bonds is 10. The second-order valence-electron chi connectivity index (χ2n) is 6.27.